The number of aliphatic hydroxyl groups is 1. The SMILES string of the molecule is COC(=O)C1CC(O)CN1C(=O)CSC1CCS(=O)(=O)C1. The third-order valence-electron chi connectivity index (χ3n) is 3.71. The Morgan fingerprint density at radius 3 is 2.71 bits per heavy atom. The summed E-state index contributed by atoms with van der Waals surface area (Å²) >= 11 is 1.30. The number of nitrogens with zero attached hydrogens (tertiary/aromatic N) is 1. The van der Waals surface area contributed by atoms with Gasteiger partial charge >= 0.3 is 5.97 Å². The van der Waals surface area contributed by atoms with Crippen LogP contribution in [0.4, 0.5) is 0 Å². The van der Waals surface area contributed by atoms with Crippen LogP contribution >= 0.6 is 11.8 Å². The van der Waals surface area contributed by atoms with Gasteiger partial charge in [0.25, 0.3) is 0 Å². The van der Waals surface area contributed by atoms with Crippen molar-refractivity contribution >= 4 is 33.5 Å². The minimum Gasteiger partial charge on any atom is -0.467 e. The van der Waals surface area contributed by atoms with Gasteiger partial charge in [-0.05, 0) is 6.42 Å². The molecule has 0 spiro atoms. The predicted octanol–water partition coefficient (Wildman–Crippen LogP) is -0.958. The van der Waals surface area contributed by atoms with Crippen LogP contribution in [0, 0.1) is 0 Å². The first kappa shape index (κ1) is 16.6. The molecule has 2 saturated heterocycles. The molecule has 0 bridgehead atoms. The van der Waals surface area contributed by atoms with Crippen molar-refractivity contribution in [2.75, 3.05) is 30.9 Å². The number of likely N-dealkylation sites (tertiary alicyclic amines) is 1. The maximum atomic E-state index is 12.2. The van der Waals surface area contributed by atoms with Gasteiger partial charge in [-0.25, -0.2) is 13.2 Å². The van der Waals surface area contributed by atoms with Crippen molar-refractivity contribution in [2.45, 2.75) is 30.2 Å². The van der Waals surface area contributed by atoms with Gasteiger partial charge in [-0.15, -0.1) is 11.8 Å². The summed E-state index contributed by atoms with van der Waals surface area (Å²) in [6, 6.07) is -0.745. The Labute approximate surface area is 127 Å². The zero-order valence-electron chi connectivity index (χ0n) is 11.7. The first-order chi connectivity index (χ1) is 9.82. The van der Waals surface area contributed by atoms with Gasteiger partial charge in [0.15, 0.2) is 9.84 Å². The van der Waals surface area contributed by atoms with Gasteiger partial charge in [-0.1, -0.05) is 0 Å². The summed E-state index contributed by atoms with van der Waals surface area (Å²) in [7, 11) is -1.72. The normalized spacial score (nSPS) is 31.3. The van der Waals surface area contributed by atoms with E-state index >= 15 is 0 Å². The number of rotatable bonds is 4. The molecule has 0 aliphatic carbocycles. The molecule has 2 rings (SSSR count). The standard InChI is InChI=1S/C12H19NO6S2/c1-19-12(16)10-4-8(14)5-13(10)11(15)6-20-9-2-3-21(17,18)7-9/h8-10,14H,2-7H2,1H3. The van der Waals surface area contributed by atoms with Gasteiger partial charge in [0.1, 0.15) is 6.04 Å². The van der Waals surface area contributed by atoms with E-state index in [1.807, 2.05) is 0 Å². The van der Waals surface area contributed by atoms with Crippen molar-refractivity contribution in [1.29, 1.82) is 0 Å². The number of sulfone groups is 1. The third kappa shape index (κ3) is 4.10. The molecule has 1 amide bonds. The Balaban J connectivity index is 1.89. The molecule has 2 fully saturated rings. The third-order valence-corrected chi connectivity index (χ3v) is 6.97. The molecular weight excluding hydrogens is 318 g/mol. The molecule has 2 aliphatic heterocycles. The molecule has 3 unspecified atom stereocenters. The Bertz CT molecular complexity index is 520. The van der Waals surface area contributed by atoms with Crippen molar-refractivity contribution in [2.24, 2.45) is 0 Å². The molecule has 0 aromatic carbocycles. The Kier molecular flexibility index (Phi) is 5.15. The largest absolute Gasteiger partial charge is 0.467 e. The van der Waals surface area contributed by atoms with E-state index in [2.05, 4.69) is 4.74 Å². The molecule has 1 N–H and O–H groups in total. The van der Waals surface area contributed by atoms with Crippen molar-refractivity contribution in [3.63, 3.8) is 0 Å². The van der Waals surface area contributed by atoms with Gasteiger partial charge in [0, 0.05) is 18.2 Å². The van der Waals surface area contributed by atoms with Crippen LogP contribution in [0.1, 0.15) is 12.8 Å². The number of aliphatic hydroxyl groups excluding tert-OH is 1. The molecule has 9 heteroatoms. The summed E-state index contributed by atoms with van der Waals surface area (Å²) in [6.45, 7) is 0.113. The summed E-state index contributed by atoms with van der Waals surface area (Å²) in [6.07, 6.45) is 0.0134. The minimum atomic E-state index is -2.96. The molecule has 7 nitrogen and oxygen atoms in total. The van der Waals surface area contributed by atoms with E-state index in [1.54, 1.807) is 0 Å². The number of esters is 1. The monoisotopic (exact) mass is 337 g/mol. The smallest absolute Gasteiger partial charge is 0.328 e. The molecule has 21 heavy (non-hydrogen) atoms. The maximum Gasteiger partial charge on any atom is 0.328 e. The summed E-state index contributed by atoms with van der Waals surface area (Å²) in [5.74, 6) is -0.412. The fraction of sp³-hybridized carbons (Fsp3) is 0.833. The number of ether oxygens (including phenoxy) is 1. The first-order valence-corrected chi connectivity index (χ1v) is 9.57. The fourth-order valence-electron chi connectivity index (χ4n) is 2.61. The number of thioether (sulfide) groups is 1. The minimum absolute atomic E-state index is 0.0666. The van der Waals surface area contributed by atoms with E-state index in [1.165, 1.54) is 23.8 Å². The molecule has 3 atom stereocenters. The van der Waals surface area contributed by atoms with Crippen LogP contribution in [0.3, 0.4) is 0 Å². The highest BCUT2D eigenvalue weighted by Gasteiger charge is 2.39. The lowest BCUT2D eigenvalue weighted by Gasteiger charge is -2.22. The van der Waals surface area contributed by atoms with E-state index in [0.717, 1.165) is 0 Å². The average Bonchev–Trinajstić information content (AvgIpc) is 2.98. The number of methoxy groups -OCH3 is 1. The van der Waals surface area contributed by atoms with E-state index in [-0.39, 0.29) is 41.4 Å². The lowest BCUT2D eigenvalue weighted by molar-refractivity contribution is -0.150. The first-order valence-electron chi connectivity index (χ1n) is 6.70. The Morgan fingerprint density at radius 2 is 2.14 bits per heavy atom. The van der Waals surface area contributed by atoms with Crippen molar-refractivity contribution in [3.05, 3.63) is 0 Å². The van der Waals surface area contributed by atoms with Gasteiger partial charge in [0.2, 0.25) is 5.91 Å². The van der Waals surface area contributed by atoms with Crippen molar-refractivity contribution in [1.82, 2.24) is 4.90 Å². The maximum absolute atomic E-state index is 12.2. The van der Waals surface area contributed by atoms with Crippen molar-refractivity contribution < 1.29 is 27.9 Å². The summed E-state index contributed by atoms with van der Waals surface area (Å²) < 4.78 is 27.4. The summed E-state index contributed by atoms with van der Waals surface area (Å²) in [4.78, 5) is 25.1. The van der Waals surface area contributed by atoms with Crippen LogP contribution in [0.25, 0.3) is 0 Å². The summed E-state index contributed by atoms with van der Waals surface area (Å²) in [5, 5.41) is 9.56. The van der Waals surface area contributed by atoms with E-state index in [4.69, 9.17) is 0 Å². The molecule has 2 heterocycles. The molecule has 120 valence electrons. The zero-order valence-corrected chi connectivity index (χ0v) is 13.4. The molecule has 0 aromatic heterocycles. The zero-order chi connectivity index (χ0) is 15.6. The second-order valence-corrected chi connectivity index (χ2v) is 8.83. The second kappa shape index (κ2) is 6.53. The lowest BCUT2D eigenvalue weighted by atomic mass is 10.2. The number of hydrogen-bond donors (Lipinski definition) is 1. The molecule has 2 aliphatic rings. The number of β-amino-alcohol motifs (C(OH)–C–C–N with tert-alkyl or cyclic N) is 1. The highest BCUT2D eigenvalue weighted by atomic mass is 32.2. The molecule has 0 aromatic rings. The van der Waals surface area contributed by atoms with Crippen LogP contribution in [-0.4, -0.2) is 78.6 Å². The number of hydrogen-bond acceptors (Lipinski definition) is 7. The van der Waals surface area contributed by atoms with Crippen LogP contribution in [0.2, 0.25) is 0 Å². The van der Waals surface area contributed by atoms with Crippen molar-refractivity contribution in [3.8, 4) is 0 Å². The Morgan fingerprint density at radius 1 is 1.43 bits per heavy atom. The molecule has 0 radical (unpaired) electrons. The van der Waals surface area contributed by atoms with Crippen LogP contribution in [-0.2, 0) is 24.2 Å². The van der Waals surface area contributed by atoms with Crippen LogP contribution < -0.4 is 0 Å². The van der Waals surface area contributed by atoms with Crippen LogP contribution in [0.5, 0.6) is 0 Å². The quantitative estimate of drug-likeness (QED) is 0.659. The van der Waals surface area contributed by atoms with Crippen LogP contribution in [0.15, 0.2) is 0 Å². The number of carbonyl (C=O) groups is 2. The molecule has 0 saturated carbocycles. The van der Waals surface area contributed by atoms with Gasteiger partial charge in [-0.3, -0.25) is 4.79 Å². The predicted molar refractivity (Wildman–Crippen MR) is 77.7 cm³/mol. The van der Waals surface area contributed by atoms with E-state index in [9.17, 15) is 23.1 Å². The highest BCUT2D eigenvalue weighted by molar-refractivity contribution is 8.02. The second-order valence-electron chi connectivity index (χ2n) is 5.31. The summed E-state index contributed by atoms with van der Waals surface area (Å²) in [5.41, 5.74) is 0. The van der Waals surface area contributed by atoms with Gasteiger partial charge in [0.05, 0.1) is 30.5 Å². The lowest BCUT2D eigenvalue weighted by Crippen LogP contribution is -2.42. The van der Waals surface area contributed by atoms with E-state index < -0.39 is 28.0 Å². The topological polar surface area (TPSA) is 101 Å². The fourth-order valence-corrected chi connectivity index (χ4v) is 6.14. The average molecular weight is 337 g/mol. The van der Waals surface area contributed by atoms with Gasteiger partial charge in [-0.2, -0.15) is 0 Å². The number of carbonyl (C=O) groups excluding carboxylic acids is 2. The number of amides is 1. The highest BCUT2D eigenvalue weighted by Crippen LogP contribution is 2.26. The molecular formula is C12H19NO6S2. The Hall–Kier alpha value is -0.800. The van der Waals surface area contributed by atoms with Gasteiger partial charge < -0.3 is 14.7 Å². The van der Waals surface area contributed by atoms with E-state index in [0.29, 0.717) is 6.42 Å².